The van der Waals surface area contributed by atoms with Crippen molar-refractivity contribution >= 4 is 8.32 Å². The smallest absolute Gasteiger partial charge is 0.394 e. The van der Waals surface area contributed by atoms with Crippen molar-refractivity contribution in [3.63, 3.8) is 0 Å². The zero-order valence-electron chi connectivity index (χ0n) is 24.4. The molecular weight excluding hydrogens is 899 g/mol. The maximum atomic E-state index is 15.1. The van der Waals surface area contributed by atoms with E-state index in [2.05, 4.69) is 4.43 Å². The zero-order chi connectivity index (χ0) is 45.2. The van der Waals surface area contributed by atoms with Crippen LogP contribution in [0.2, 0.25) is 19.6 Å². The van der Waals surface area contributed by atoms with Crippen LogP contribution in [0.1, 0.15) is 0 Å². The normalized spacial score (nSPS) is 18.2. The van der Waals surface area contributed by atoms with E-state index < -0.39 is 123 Å². The average Bonchev–Trinajstić information content (AvgIpc) is 2.87. The standard InChI is InChI=1S/C19H9F33OSi/c1-54(2,3)53-4(17(44,45)46,6(22,23)8(26,27)10(30,31)13(36,37)15(40,41)18(47,48)49)5(20,21)7(24,25)9(28,29)11(32,33)12(34,35)14(38,39)16(42,43)19(50,51)52/h1-3H3. The lowest BCUT2D eigenvalue weighted by Crippen LogP contribution is -2.85. The lowest BCUT2D eigenvalue weighted by molar-refractivity contribution is -0.505. The minimum atomic E-state index is -10.2. The first kappa shape index (κ1) is 51.9. The van der Waals surface area contributed by atoms with Gasteiger partial charge in [0.05, 0.1) is 0 Å². The molecule has 0 spiro atoms. The Bertz CT molecular complexity index is 1350. The van der Waals surface area contributed by atoms with E-state index in [1.54, 1.807) is 0 Å². The third-order valence-corrected chi connectivity index (χ3v) is 7.32. The summed E-state index contributed by atoms with van der Waals surface area (Å²) >= 11 is 0. The summed E-state index contributed by atoms with van der Waals surface area (Å²) in [7, 11) is -6.20. The molecule has 1 unspecified atom stereocenters. The molecule has 54 heavy (non-hydrogen) atoms. The molecule has 0 N–H and O–H groups in total. The maximum absolute atomic E-state index is 15.1. The Balaban J connectivity index is 8.77. The Hall–Kier alpha value is -2.13. The molecule has 0 saturated heterocycles. The molecule has 0 aliphatic heterocycles. The molecule has 0 saturated carbocycles. The van der Waals surface area contributed by atoms with Crippen LogP contribution in [-0.2, 0) is 4.43 Å². The molecule has 0 aromatic heterocycles. The third-order valence-electron chi connectivity index (χ3n) is 6.40. The molecule has 0 fully saturated rings. The van der Waals surface area contributed by atoms with Crippen LogP contribution in [0, 0.1) is 0 Å². The van der Waals surface area contributed by atoms with Gasteiger partial charge in [0, 0.05) is 0 Å². The van der Waals surface area contributed by atoms with Crippen LogP contribution in [-0.4, -0.2) is 104 Å². The fourth-order valence-electron chi connectivity index (χ4n) is 3.57. The Kier molecular flexibility index (Phi) is 11.9. The first-order valence-electron chi connectivity index (χ1n) is 11.9. The number of rotatable bonds is 14. The summed E-state index contributed by atoms with van der Waals surface area (Å²) in [4.78, 5) is 0. The predicted molar refractivity (Wildman–Crippen MR) is 105 cm³/mol. The second kappa shape index (κ2) is 12.4. The Labute approximate surface area is 273 Å². The van der Waals surface area contributed by atoms with Gasteiger partial charge in [-0.05, 0) is 19.6 Å². The fourth-order valence-corrected chi connectivity index (χ4v) is 4.86. The fraction of sp³-hybridized carbons (Fsp3) is 1.00. The van der Waals surface area contributed by atoms with Crippen LogP contribution in [0.3, 0.4) is 0 Å². The summed E-state index contributed by atoms with van der Waals surface area (Å²) < 4.78 is 455. The Morgan fingerprint density at radius 2 is 0.370 bits per heavy atom. The van der Waals surface area contributed by atoms with Gasteiger partial charge in [-0.15, -0.1) is 0 Å². The topological polar surface area (TPSA) is 9.23 Å². The van der Waals surface area contributed by atoms with Crippen molar-refractivity contribution in [1.29, 1.82) is 0 Å². The Morgan fingerprint density at radius 1 is 0.222 bits per heavy atom. The molecular formula is C19H9F33OSi. The van der Waals surface area contributed by atoms with Crippen molar-refractivity contribution in [3.8, 4) is 0 Å². The van der Waals surface area contributed by atoms with Crippen molar-refractivity contribution in [3.05, 3.63) is 0 Å². The van der Waals surface area contributed by atoms with E-state index in [9.17, 15) is 127 Å². The van der Waals surface area contributed by atoms with Gasteiger partial charge in [-0.25, -0.2) is 0 Å². The van der Waals surface area contributed by atoms with Crippen LogP contribution in [0.25, 0.3) is 0 Å². The van der Waals surface area contributed by atoms with E-state index in [1.165, 1.54) is 0 Å². The van der Waals surface area contributed by atoms with Gasteiger partial charge in [-0.3, -0.25) is 0 Å². The molecule has 35 heteroatoms. The predicted octanol–water partition coefficient (Wildman–Crippen LogP) is 11.9. The van der Waals surface area contributed by atoms with Crippen LogP contribution in [0.4, 0.5) is 145 Å². The van der Waals surface area contributed by atoms with Crippen LogP contribution in [0.5, 0.6) is 0 Å². The van der Waals surface area contributed by atoms with E-state index in [1.807, 2.05) is 0 Å². The third kappa shape index (κ3) is 6.18. The highest BCUT2D eigenvalue weighted by Gasteiger charge is 3.03. The summed E-state index contributed by atoms with van der Waals surface area (Å²) in [6, 6.07) is 0. The van der Waals surface area contributed by atoms with Gasteiger partial charge in [0.15, 0.2) is 8.32 Å². The molecule has 0 amide bonds. The summed E-state index contributed by atoms with van der Waals surface area (Å²) in [5.74, 6) is -117. The van der Waals surface area contributed by atoms with Crippen molar-refractivity contribution in [1.82, 2.24) is 0 Å². The zero-order valence-corrected chi connectivity index (χ0v) is 25.4. The van der Waals surface area contributed by atoms with Gasteiger partial charge in [0.1, 0.15) is 0 Å². The van der Waals surface area contributed by atoms with Gasteiger partial charge in [0.2, 0.25) is 0 Å². The number of halogens is 33. The van der Waals surface area contributed by atoms with Crippen molar-refractivity contribution < 1.29 is 149 Å². The molecule has 0 aromatic rings. The molecule has 0 aliphatic rings. The quantitative estimate of drug-likeness (QED) is 0.125. The van der Waals surface area contributed by atoms with E-state index in [-0.39, 0.29) is 0 Å². The molecule has 0 rings (SSSR count). The SMILES string of the molecule is C[Si](C)(C)OC(C(F)(F)F)(C(F)(F)C(F)(F)C(F)(F)C(F)(F)C(F)(F)C(F)(F)F)C(F)(F)C(F)(F)C(F)(F)C(F)(F)C(F)(F)C(F)(F)C(F)(F)C(F)(F)F. The van der Waals surface area contributed by atoms with Gasteiger partial charge < -0.3 is 4.43 Å². The second-order valence-corrected chi connectivity index (χ2v) is 15.7. The molecule has 1 nitrogen and oxygen atoms in total. The maximum Gasteiger partial charge on any atom is 0.460 e. The molecule has 0 radical (unpaired) electrons. The highest BCUT2D eigenvalue weighted by molar-refractivity contribution is 6.69. The highest BCUT2D eigenvalue weighted by atomic mass is 28.4. The summed E-state index contributed by atoms with van der Waals surface area (Å²) in [5.41, 5.74) is -9.61. The first-order valence-corrected chi connectivity index (χ1v) is 15.3. The second-order valence-electron chi connectivity index (χ2n) is 11.3. The van der Waals surface area contributed by atoms with E-state index in [0.717, 1.165) is 0 Å². The van der Waals surface area contributed by atoms with Crippen LogP contribution >= 0.6 is 0 Å². The van der Waals surface area contributed by atoms with Crippen LogP contribution in [0.15, 0.2) is 0 Å². The number of hydrogen-bond donors (Lipinski definition) is 0. The minimum absolute atomic E-state index is 0.568. The van der Waals surface area contributed by atoms with Gasteiger partial charge in [-0.2, -0.15) is 145 Å². The Morgan fingerprint density at radius 3 is 0.500 bits per heavy atom. The van der Waals surface area contributed by atoms with Crippen LogP contribution < -0.4 is 0 Å². The molecule has 1 atom stereocenters. The summed E-state index contributed by atoms with van der Waals surface area (Å²) in [5, 5.41) is 0. The highest BCUT2D eigenvalue weighted by Crippen LogP contribution is 2.71. The molecule has 0 bridgehead atoms. The number of hydrogen-bond acceptors (Lipinski definition) is 1. The van der Waals surface area contributed by atoms with Crippen molar-refractivity contribution in [2.45, 2.75) is 115 Å². The minimum Gasteiger partial charge on any atom is -0.394 e. The summed E-state index contributed by atoms with van der Waals surface area (Å²) in [6.45, 7) is -1.70. The lowest BCUT2D eigenvalue weighted by atomic mass is 9.75. The molecule has 0 aliphatic carbocycles. The van der Waals surface area contributed by atoms with Gasteiger partial charge in [0.25, 0.3) is 5.60 Å². The average molecular weight is 908 g/mol. The first-order chi connectivity index (χ1) is 22.5. The monoisotopic (exact) mass is 908 g/mol. The van der Waals surface area contributed by atoms with Crippen molar-refractivity contribution in [2.24, 2.45) is 0 Å². The van der Waals surface area contributed by atoms with Gasteiger partial charge >= 0.3 is 89.6 Å². The molecule has 326 valence electrons. The molecule has 0 aromatic carbocycles. The van der Waals surface area contributed by atoms with E-state index in [4.69, 9.17) is 0 Å². The van der Waals surface area contributed by atoms with Gasteiger partial charge in [-0.1, -0.05) is 0 Å². The van der Waals surface area contributed by atoms with Crippen molar-refractivity contribution in [2.75, 3.05) is 0 Å². The largest absolute Gasteiger partial charge is 0.460 e. The molecule has 0 heterocycles. The van der Waals surface area contributed by atoms with E-state index >= 15 is 17.6 Å². The van der Waals surface area contributed by atoms with E-state index in [0.29, 0.717) is 0 Å². The number of alkyl halides is 33. The summed E-state index contributed by atoms with van der Waals surface area (Å²) in [6.07, 6.45) is -26.2. The lowest BCUT2D eigenvalue weighted by Gasteiger charge is -2.53.